The zero-order valence-corrected chi connectivity index (χ0v) is 10.2. The number of anilines is 1. The maximum Gasteiger partial charge on any atom is 0.273 e. The summed E-state index contributed by atoms with van der Waals surface area (Å²) in [7, 11) is 1.72. The predicted molar refractivity (Wildman–Crippen MR) is 66.2 cm³/mol. The fourth-order valence-corrected chi connectivity index (χ4v) is 1.68. The van der Waals surface area contributed by atoms with Gasteiger partial charge in [-0.2, -0.15) is 5.10 Å². The minimum absolute atomic E-state index is 0.241. The number of nitrogens with one attached hydrogen (secondary N) is 1. The molecule has 87 valence electrons. The smallest absolute Gasteiger partial charge is 0.273 e. The Morgan fingerprint density at radius 3 is 2.94 bits per heavy atom. The van der Waals surface area contributed by atoms with Crippen LogP contribution in [0.15, 0.2) is 24.3 Å². The number of rotatable bonds is 2. The number of nitrogens with zero attached hydrogens (tertiary/aromatic N) is 2. The molecule has 2 rings (SSSR count). The van der Waals surface area contributed by atoms with Crippen LogP contribution in [-0.4, -0.2) is 15.7 Å². The summed E-state index contributed by atoms with van der Waals surface area (Å²) in [5.74, 6) is -0.241. The zero-order chi connectivity index (χ0) is 12.4. The fraction of sp³-hybridized carbons (Fsp3) is 0.167. The van der Waals surface area contributed by atoms with Crippen molar-refractivity contribution in [1.29, 1.82) is 0 Å². The first-order valence-electron chi connectivity index (χ1n) is 5.05. The van der Waals surface area contributed by atoms with Crippen molar-refractivity contribution >= 4 is 23.2 Å². The molecule has 1 N–H and O–H groups in total. The standard InChI is InChI=1S/C12H11ClN3O/c1-8-7-11(16(2)15-8)12(17)14-10-6-4-3-5-9(10)13/h3,5-7H,1-2H3,(H,14,17). The minimum atomic E-state index is -0.241. The molecule has 0 saturated carbocycles. The zero-order valence-electron chi connectivity index (χ0n) is 9.49. The van der Waals surface area contributed by atoms with Gasteiger partial charge in [0.2, 0.25) is 0 Å². The van der Waals surface area contributed by atoms with E-state index in [9.17, 15) is 4.79 Å². The molecule has 0 aliphatic heterocycles. The normalized spacial score (nSPS) is 10.3. The molecule has 0 fully saturated rings. The molecule has 1 amide bonds. The molecule has 1 aromatic heterocycles. The average molecular weight is 249 g/mol. The number of halogens is 1. The van der Waals surface area contributed by atoms with Gasteiger partial charge in [-0.05, 0) is 31.2 Å². The van der Waals surface area contributed by atoms with Crippen molar-refractivity contribution in [2.75, 3.05) is 5.32 Å². The van der Waals surface area contributed by atoms with Crippen LogP contribution in [0, 0.1) is 13.0 Å². The Morgan fingerprint density at radius 2 is 2.35 bits per heavy atom. The summed E-state index contributed by atoms with van der Waals surface area (Å²) in [6.45, 7) is 1.83. The summed E-state index contributed by atoms with van der Waals surface area (Å²) in [5, 5.41) is 7.31. The number of hydrogen-bond acceptors (Lipinski definition) is 2. The second-order valence-electron chi connectivity index (χ2n) is 3.65. The Morgan fingerprint density at radius 1 is 1.59 bits per heavy atom. The van der Waals surface area contributed by atoms with E-state index in [4.69, 9.17) is 11.6 Å². The Kier molecular flexibility index (Phi) is 3.15. The molecule has 0 saturated heterocycles. The maximum atomic E-state index is 12.0. The van der Waals surface area contributed by atoms with Crippen LogP contribution in [0.25, 0.3) is 0 Å². The monoisotopic (exact) mass is 248 g/mol. The molecule has 0 aliphatic rings. The summed E-state index contributed by atoms with van der Waals surface area (Å²) in [6.07, 6.45) is 0. The number of amides is 1. The van der Waals surface area contributed by atoms with E-state index in [0.29, 0.717) is 16.4 Å². The van der Waals surface area contributed by atoms with Crippen LogP contribution >= 0.6 is 11.6 Å². The molecule has 5 heteroatoms. The lowest BCUT2D eigenvalue weighted by Crippen LogP contribution is -2.16. The van der Waals surface area contributed by atoms with Gasteiger partial charge in [-0.25, -0.2) is 0 Å². The van der Waals surface area contributed by atoms with E-state index >= 15 is 0 Å². The minimum Gasteiger partial charge on any atom is -0.319 e. The maximum absolute atomic E-state index is 12.0. The van der Waals surface area contributed by atoms with Crippen LogP contribution in [0.4, 0.5) is 5.69 Å². The van der Waals surface area contributed by atoms with Gasteiger partial charge in [0.15, 0.2) is 0 Å². The van der Waals surface area contributed by atoms with E-state index in [1.54, 1.807) is 31.3 Å². The van der Waals surface area contributed by atoms with Gasteiger partial charge in [0.05, 0.1) is 16.4 Å². The first-order valence-corrected chi connectivity index (χ1v) is 5.43. The van der Waals surface area contributed by atoms with Crippen LogP contribution < -0.4 is 5.32 Å². The molecule has 17 heavy (non-hydrogen) atoms. The molecule has 1 heterocycles. The molecule has 1 aromatic carbocycles. The van der Waals surface area contributed by atoms with Gasteiger partial charge in [-0.3, -0.25) is 9.48 Å². The number of carbonyl (C=O) groups excluding carboxylic acids is 1. The Labute approximate surface area is 104 Å². The van der Waals surface area contributed by atoms with E-state index in [1.807, 2.05) is 6.92 Å². The van der Waals surface area contributed by atoms with Gasteiger partial charge in [0.25, 0.3) is 5.91 Å². The molecule has 1 radical (unpaired) electrons. The molecule has 4 nitrogen and oxygen atoms in total. The Hall–Kier alpha value is -1.81. The third kappa shape index (κ3) is 2.47. The lowest BCUT2D eigenvalue weighted by atomic mass is 10.3. The highest BCUT2D eigenvalue weighted by molar-refractivity contribution is 6.33. The second-order valence-corrected chi connectivity index (χ2v) is 4.06. The third-order valence-electron chi connectivity index (χ3n) is 2.29. The molecule has 0 bridgehead atoms. The largest absolute Gasteiger partial charge is 0.319 e. The van der Waals surface area contributed by atoms with Crippen molar-refractivity contribution < 1.29 is 4.79 Å². The van der Waals surface area contributed by atoms with Gasteiger partial charge < -0.3 is 5.32 Å². The van der Waals surface area contributed by atoms with Crippen LogP contribution in [0.5, 0.6) is 0 Å². The van der Waals surface area contributed by atoms with Crippen LogP contribution in [0.2, 0.25) is 5.02 Å². The molecular formula is C12H11ClN3O. The van der Waals surface area contributed by atoms with Crippen molar-refractivity contribution in [3.8, 4) is 0 Å². The molecule has 0 aliphatic carbocycles. The van der Waals surface area contributed by atoms with Crippen molar-refractivity contribution in [3.05, 3.63) is 46.7 Å². The molecule has 0 spiro atoms. The van der Waals surface area contributed by atoms with Crippen LogP contribution in [0.1, 0.15) is 16.2 Å². The number of aryl methyl sites for hydroxylation is 2. The highest BCUT2D eigenvalue weighted by Crippen LogP contribution is 2.20. The number of benzene rings is 1. The van der Waals surface area contributed by atoms with E-state index in [-0.39, 0.29) is 5.91 Å². The van der Waals surface area contributed by atoms with E-state index in [1.165, 1.54) is 4.68 Å². The van der Waals surface area contributed by atoms with Crippen LogP contribution in [-0.2, 0) is 7.05 Å². The number of hydrogen-bond donors (Lipinski definition) is 1. The SMILES string of the molecule is Cc1cc(C(=O)Nc2c[c]ccc2Cl)n(C)n1. The molecule has 2 aromatic rings. The van der Waals surface area contributed by atoms with Crippen molar-refractivity contribution in [2.24, 2.45) is 7.05 Å². The van der Waals surface area contributed by atoms with E-state index in [2.05, 4.69) is 16.5 Å². The van der Waals surface area contributed by atoms with Gasteiger partial charge in [-0.1, -0.05) is 17.7 Å². The summed E-state index contributed by atoms with van der Waals surface area (Å²) < 4.78 is 1.53. The highest BCUT2D eigenvalue weighted by Gasteiger charge is 2.12. The summed E-state index contributed by atoms with van der Waals surface area (Å²) in [6, 6.07) is 9.56. The molecular weight excluding hydrogens is 238 g/mol. The topological polar surface area (TPSA) is 46.9 Å². The van der Waals surface area contributed by atoms with Gasteiger partial charge in [0.1, 0.15) is 5.69 Å². The van der Waals surface area contributed by atoms with Gasteiger partial charge in [-0.15, -0.1) is 0 Å². The highest BCUT2D eigenvalue weighted by atomic mass is 35.5. The third-order valence-corrected chi connectivity index (χ3v) is 2.62. The van der Waals surface area contributed by atoms with Crippen molar-refractivity contribution in [3.63, 3.8) is 0 Å². The van der Waals surface area contributed by atoms with E-state index in [0.717, 1.165) is 5.69 Å². The first kappa shape index (κ1) is 11.7. The quantitative estimate of drug-likeness (QED) is 0.887. The summed E-state index contributed by atoms with van der Waals surface area (Å²) in [4.78, 5) is 12.0. The van der Waals surface area contributed by atoms with Crippen LogP contribution in [0.3, 0.4) is 0 Å². The van der Waals surface area contributed by atoms with Crippen molar-refractivity contribution in [2.45, 2.75) is 6.92 Å². The molecule has 0 atom stereocenters. The van der Waals surface area contributed by atoms with E-state index < -0.39 is 0 Å². The lowest BCUT2D eigenvalue weighted by molar-refractivity contribution is 0.101. The lowest BCUT2D eigenvalue weighted by Gasteiger charge is -2.06. The van der Waals surface area contributed by atoms with Gasteiger partial charge in [0, 0.05) is 7.05 Å². The average Bonchev–Trinajstić information content (AvgIpc) is 2.61. The molecule has 0 unspecified atom stereocenters. The Balaban J connectivity index is 2.23. The number of carbonyl (C=O) groups is 1. The summed E-state index contributed by atoms with van der Waals surface area (Å²) >= 11 is 5.94. The van der Waals surface area contributed by atoms with Gasteiger partial charge >= 0.3 is 0 Å². The van der Waals surface area contributed by atoms with Crippen molar-refractivity contribution in [1.82, 2.24) is 9.78 Å². The first-order chi connectivity index (χ1) is 8.08. The predicted octanol–water partition coefficient (Wildman–Crippen LogP) is 2.43. The fourth-order valence-electron chi connectivity index (χ4n) is 1.52. The Bertz CT molecular complexity index is 563. The number of aromatic nitrogens is 2. The second kappa shape index (κ2) is 4.59. The summed E-state index contributed by atoms with van der Waals surface area (Å²) in [5.41, 5.74) is 1.82.